The normalized spacial score (nSPS) is 13.4. The maximum Gasteiger partial charge on any atom is 0.256 e. The number of nitrogens with one attached hydrogen (secondary N) is 2. The van der Waals surface area contributed by atoms with Crippen LogP contribution in [0.25, 0.3) is 0 Å². The topological polar surface area (TPSA) is 57.8 Å². The van der Waals surface area contributed by atoms with Crippen LogP contribution in [-0.4, -0.2) is 9.97 Å². The third-order valence-corrected chi connectivity index (χ3v) is 4.19. The van der Waals surface area contributed by atoms with Gasteiger partial charge in [0.25, 0.3) is 5.56 Å². The van der Waals surface area contributed by atoms with Gasteiger partial charge in [0.2, 0.25) is 5.95 Å². The molecule has 1 aliphatic rings. The van der Waals surface area contributed by atoms with Crippen LogP contribution in [0.2, 0.25) is 0 Å². The second kappa shape index (κ2) is 4.74. The first kappa shape index (κ1) is 12.3. The van der Waals surface area contributed by atoms with Gasteiger partial charge in [0, 0.05) is 22.8 Å². The number of hydrogen-bond acceptors (Lipinski definition) is 4. The summed E-state index contributed by atoms with van der Waals surface area (Å²) >= 11 is 1.73. The molecule has 0 unspecified atom stereocenters. The van der Waals surface area contributed by atoms with E-state index in [2.05, 4.69) is 28.3 Å². The average molecular weight is 273 g/mol. The highest BCUT2D eigenvalue weighted by molar-refractivity contribution is 7.98. The Kier molecular flexibility index (Phi) is 3.06. The van der Waals surface area contributed by atoms with Crippen molar-refractivity contribution in [3.63, 3.8) is 0 Å². The minimum absolute atomic E-state index is 0.0257. The standard InChI is InChI=1S/C14H15N3OS/c1-8-3-4-11(9(2)5-8)15-14-16-12-7-19-6-10(12)13(18)17-14/h3-5H,6-7H2,1-2H3,(H2,15,16,17,18). The fraction of sp³-hybridized carbons (Fsp3) is 0.286. The van der Waals surface area contributed by atoms with Gasteiger partial charge in [0.05, 0.1) is 5.69 Å². The summed E-state index contributed by atoms with van der Waals surface area (Å²) in [5.41, 5.74) is 5.02. The van der Waals surface area contributed by atoms with Gasteiger partial charge in [-0.25, -0.2) is 4.98 Å². The Morgan fingerprint density at radius 1 is 1.32 bits per heavy atom. The second-order valence-electron chi connectivity index (χ2n) is 4.78. The largest absolute Gasteiger partial charge is 0.325 e. The van der Waals surface area contributed by atoms with Crippen molar-refractivity contribution in [2.45, 2.75) is 25.4 Å². The Hall–Kier alpha value is -1.75. The number of anilines is 2. The van der Waals surface area contributed by atoms with Gasteiger partial charge in [-0.2, -0.15) is 11.8 Å². The highest BCUT2D eigenvalue weighted by Crippen LogP contribution is 2.26. The molecule has 2 N–H and O–H groups in total. The van der Waals surface area contributed by atoms with Gasteiger partial charge in [0.15, 0.2) is 0 Å². The molecule has 4 nitrogen and oxygen atoms in total. The summed E-state index contributed by atoms with van der Waals surface area (Å²) in [5.74, 6) is 2.11. The maximum absolute atomic E-state index is 11.9. The molecule has 0 aliphatic carbocycles. The van der Waals surface area contributed by atoms with Crippen LogP contribution in [0.1, 0.15) is 22.4 Å². The molecule has 5 heteroatoms. The van der Waals surface area contributed by atoms with Gasteiger partial charge < -0.3 is 5.32 Å². The van der Waals surface area contributed by atoms with E-state index >= 15 is 0 Å². The number of aromatic nitrogens is 2. The molecule has 2 heterocycles. The maximum atomic E-state index is 11.9. The van der Waals surface area contributed by atoms with Gasteiger partial charge >= 0.3 is 0 Å². The number of thioether (sulfide) groups is 1. The van der Waals surface area contributed by atoms with E-state index in [0.29, 0.717) is 5.95 Å². The Morgan fingerprint density at radius 3 is 2.95 bits per heavy atom. The lowest BCUT2D eigenvalue weighted by Gasteiger charge is -2.10. The van der Waals surface area contributed by atoms with E-state index in [4.69, 9.17) is 0 Å². The first-order valence-electron chi connectivity index (χ1n) is 6.17. The zero-order valence-electron chi connectivity index (χ0n) is 10.9. The van der Waals surface area contributed by atoms with Crippen LogP contribution >= 0.6 is 11.8 Å². The lowest BCUT2D eigenvalue weighted by molar-refractivity contribution is 1.03. The molecular formula is C14H15N3OS. The van der Waals surface area contributed by atoms with E-state index in [1.54, 1.807) is 11.8 Å². The Morgan fingerprint density at radius 2 is 2.16 bits per heavy atom. The molecule has 19 heavy (non-hydrogen) atoms. The average Bonchev–Trinajstić information content (AvgIpc) is 2.81. The van der Waals surface area contributed by atoms with E-state index in [9.17, 15) is 4.79 Å². The monoisotopic (exact) mass is 273 g/mol. The van der Waals surface area contributed by atoms with Crippen LogP contribution in [0.15, 0.2) is 23.0 Å². The van der Waals surface area contributed by atoms with Gasteiger partial charge in [-0.3, -0.25) is 9.78 Å². The SMILES string of the molecule is Cc1ccc(Nc2nc3c(c(=O)[nH]2)CSC3)c(C)c1. The summed E-state index contributed by atoms with van der Waals surface area (Å²) in [7, 11) is 0. The molecule has 1 aliphatic heterocycles. The van der Waals surface area contributed by atoms with E-state index in [0.717, 1.165) is 34.0 Å². The zero-order valence-corrected chi connectivity index (χ0v) is 11.7. The molecule has 0 amide bonds. The van der Waals surface area contributed by atoms with Crippen LogP contribution in [0.4, 0.5) is 11.6 Å². The molecule has 0 atom stereocenters. The summed E-state index contributed by atoms with van der Waals surface area (Å²) in [6, 6.07) is 6.15. The number of nitrogens with zero attached hydrogens (tertiary/aromatic N) is 1. The summed E-state index contributed by atoms with van der Waals surface area (Å²) in [6.45, 7) is 4.10. The summed E-state index contributed by atoms with van der Waals surface area (Å²) in [4.78, 5) is 19.2. The van der Waals surface area contributed by atoms with E-state index in [1.807, 2.05) is 19.1 Å². The first-order valence-corrected chi connectivity index (χ1v) is 7.33. The van der Waals surface area contributed by atoms with Crippen molar-refractivity contribution >= 4 is 23.4 Å². The zero-order chi connectivity index (χ0) is 13.4. The quantitative estimate of drug-likeness (QED) is 0.883. The van der Waals surface area contributed by atoms with Gasteiger partial charge in [-0.1, -0.05) is 17.7 Å². The minimum Gasteiger partial charge on any atom is -0.325 e. The lowest BCUT2D eigenvalue weighted by atomic mass is 10.1. The van der Waals surface area contributed by atoms with Crippen LogP contribution in [0, 0.1) is 13.8 Å². The molecule has 1 aromatic carbocycles. The molecule has 0 saturated carbocycles. The van der Waals surface area contributed by atoms with Crippen molar-refractivity contribution in [2.75, 3.05) is 5.32 Å². The molecule has 0 bridgehead atoms. The van der Waals surface area contributed by atoms with E-state index < -0.39 is 0 Å². The van der Waals surface area contributed by atoms with Gasteiger partial charge in [-0.05, 0) is 25.5 Å². The molecule has 2 aromatic rings. The van der Waals surface area contributed by atoms with Crippen LogP contribution < -0.4 is 10.9 Å². The molecule has 0 spiro atoms. The van der Waals surface area contributed by atoms with Crippen molar-refractivity contribution in [1.29, 1.82) is 0 Å². The molecule has 0 radical (unpaired) electrons. The van der Waals surface area contributed by atoms with E-state index in [-0.39, 0.29) is 5.56 Å². The second-order valence-corrected chi connectivity index (χ2v) is 5.76. The number of aromatic amines is 1. The van der Waals surface area contributed by atoms with Crippen LogP contribution in [0.5, 0.6) is 0 Å². The number of H-pyrrole nitrogens is 1. The van der Waals surface area contributed by atoms with Crippen molar-refractivity contribution < 1.29 is 0 Å². The molecule has 3 rings (SSSR count). The highest BCUT2D eigenvalue weighted by Gasteiger charge is 2.17. The highest BCUT2D eigenvalue weighted by atomic mass is 32.2. The van der Waals surface area contributed by atoms with Crippen molar-refractivity contribution in [2.24, 2.45) is 0 Å². The number of aryl methyl sites for hydroxylation is 2. The fourth-order valence-corrected chi connectivity index (χ4v) is 3.24. The molecule has 98 valence electrons. The van der Waals surface area contributed by atoms with Crippen LogP contribution in [0.3, 0.4) is 0 Å². The van der Waals surface area contributed by atoms with Crippen molar-refractivity contribution in [3.8, 4) is 0 Å². The van der Waals surface area contributed by atoms with Gasteiger partial charge in [0.1, 0.15) is 0 Å². The number of fused-ring (bicyclic) bond motifs is 1. The number of benzene rings is 1. The Balaban J connectivity index is 1.96. The number of rotatable bonds is 2. The molecule has 0 fully saturated rings. The molecule has 1 aromatic heterocycles. The summed E-state index contributed by atoms with van der Waals surface area (Å²) in [5, 5.41) is 3.19. The lowest BCUT2D eigenvalue weighted by Crippen LogP contribution is -2.16. The number of hydrogen-bond donors (Lipinski definition) is 2. The van der Waals surface area contributed by atoms with Gasteiger partial charge in [-0.15, -0.1) is 0 Å². The summed E-state index contributed by atoms with van der Waals surface area (Å²) < 4.78 is 0. The van der Waals surface area contributed by atoms with Crippen molar-refractivity contribution in [1.82, 2.24) is 9.97 Å². The van der Waals surface area contributed by atoms with Crippen molar-refractivity contribution in [3.05, 3.63) is 50.9 Å². The Bertz CT molecular complexity index is 694. The molecular weight excluding hydrogens is 258 g/mol. The minimum atomic E-state index is -0.0257. The first-order chi connectivity index (χ1) is 9.13. The van der Waals surface area contributed by atoms with E-state index in [1.165, 1.54) is 5.56 Å². The predicted octanol–water partition coefficient (Wildman–Crippen LogP) is 2.88. The third kappa shape index (κ3) is 2.38. The third-order valence-electron chi connectivity index (χ3n) is 3.22. The Labute approximate surface area is 115 Å². The van der Waals surface area contributed by atoms with Crippen LogP contribution in [-0.2, 0) is 11.5 Å². The summed E-state index contributed by atoms with van der Waals surface area (Å²) in [6.07, 6.45) is 0. The molecule has 0 saturated heterocycles. The fourth-order valence-electron chi connectivity index (χ4n) is 2.20. The smallest absolute Gasteiger partial charge is 0.256 e. The predicted molar refractivity (Wildman–Crippen MR) is 79.1 cm³/mol.